The van der Waals surface area contributed by atoms with E-state index in [4.69, 9.17) is 14.2 Å². The topological polar surface area (TPSA) is 88.6 Å². The van der Waals surface area contributed by atoms with Crippen LogP contribution in [0.1, 0.15) is 87.1 Å². The molecule has 9 nitrogen and oxygen atoms in total. The number of carbonyl (C=O) groups is 3. The SMILES string of the molecule is CCc1cc(-c2cc(C(=O)N(C)C)ccc2F)c(OCCCOC)cc1C(=O)N(C(C)C)[C@@H]1CCCN(C(=O)OC(C)(C)C)C1. The minimum absolute atomic E-state index is 0.150. The van der Waals surface area contributed by atoms with Crippen LogP contribution in [-0.4, -0.2) is 97.8 Å². The minimum atomic E-state index is -0.617. The van der Waals surface area contributed by atoms with E-state index in [1.165, 1.54) is 23.1 Å². The monoisotopic (exact) mass is 627 g/mol. The van der Waals surface area contributed by atoms with Gasteiger partial charge in [0, 0.05) is 75.6 Å². The van der Waals surface area contributed by atoms with Crippen LogP contribution in [0.5, 0.6) is 5.75 Å². The van der Waals surface area contributed by atoms with Crippen LogP contribution in [0.4, 0.5) is 9.18 Å². The highest BCUT2D eigenvalue weighted by Gasteiger charge is 2.35. The number of amides is 3. The molecule has 2 aromatic rings. The second-order valence-corrected chi connectivity index (χ2v) is 13.0. The highest BCUT2D eigenvalue weighted by molar-refractivity contribution is 5.99. The maximum Gasteiger partial charge on any atom is 0.410 e. The van der Waals surface area contributed by atoms with E-state index >= 15 is 4.39 Å². The van der Waals surface area contributed by atoms with Crippen molar-refractivity contribution in [3.05, 3.63) is 52.8 Å². The number of nitrogens with zero attached hydrogens (tertiary/aromatic N) is 3. The molecule has 2 aromatic carbocycles. The standard InChI is InChI=1S/C35H50FN3O6/c1-10-24-19-29(28-20-25(14-15-30(28)36)32(40)37(7)8)31(44-18-12-17-43-9)21-27(24)33(41)39(23(2)3)26-13-11-16-38(22-26)34(42)45-35(4,5)6/h14-15,19-21,23,26H,10-13,16-18,22H2,1-9H3/t26-/m1/s1. The first kappa shape index (κ1) is 35.8. The molecular weight excluding hydrogens is 577 g/mol. The summed E-state index contributed by atoms with van der Waals surface area (Å²) in [7, 11) is 4.90. The van der Waals surface area contributed by atoms with Crippen molar-refractivity contribution in [3.8, 4) is 16.9 Å². The predicted octanol–water partition coefficient (Wildman–Crippen LogP) is 6.42. The van der Waals surface area contributed by atoms with E-state index in [1.807, 2.05) is 46.4 Å². The number of methoxy groups -OCH3 is 1. The van der Waals surface area contributed by atoms with Gasteiger partial charge in [-0.2, -0.15) is 0 Å². The third-order valence-electron chi connectivity index (χ3n) is 7.71. The molecule has 1 heterocycles. The van der Waals surface area contributed by atoms with Gasteiger partial charge in [0.1, 0.15) is 17.2 Å². The second-order valence-electron chi connectivity index (χ2n) is 13.0. The van der Waals surface area contributed by atoms with Crippen LogP contribution in [0.2, 0.25) is 0 Å². The Balaban J connectivity index is 2.07. The van der Waals surface area contributed by atoms with Crippen LogP contribution < -0.4 is 4.74 Å². The smallest absolute Gasteiger partial charge is 0.410 e. The molecule has 3 rings (SSSR count). The maximum absolute atomic E-state index is 15.4. The summed E-state index contributed by atoms with van der Waals surface area (Å²) in [6, 6.07) is 7.42. The summed E-state index contributed by atoms with van der Waals surface area (Å²) in [4.78, 5) is 45.0. The Bertz CT molecular complexity index is 1350. The molecule has 0 spiro atoms. The number of carbonyl (C=O) groups excluding carboxylic acids is 3. The predicted molar refractivity (Wildman–Crippen MR) is 173 cm³/mol. The third kappa shape index (κ3) is 9.19. The van der Waals surface area contributed by atoms with Crippen molar-refractivity contribution in [2.24, 2.45) is 0 Å². The Hall–Kier alpha value is -3.66. The Morgan fingerprint density at radius 3 is 2.36 bits per heavy atom. The Kier molecular flexibility index (Phi) is 12.4. The number of halogens is 1. The molecule has 248 valence electrons. The molecule has 0 radical (unpaired) electrons. The summed E-state index contributed by atoms with van der Waals surface area (Å²) in [5.74, 6) is -0.575. The van der Waals surface area contributed by atoms with Gasteiger partial charge in [-0.1, -0.05) is 6.92 Å². The van der Waals surface area contributed by atoms with Crippen LogP contribution in [0.15, 0.2) is 30.3 Å². The lowest BCUT2D eigenvalue weighted by Gasteiger charge is -2.42. The molecule has 0 bridgehead atoms. The number of hydrogen-bond donors (Lipinski definition) is 0. The number of likely N-dealkylation sites (tertiary alicyclic amines) is 1. The van der Waals surface area contributed by atoms with Gasteiger partial charge in [-0.15, -0.1) is 0 Å². The van der Waals surface area contributed by atoms with Crippen molar-refractivity contribution in [1.82, 2.24) is 14.7 Å². The molecule has 1 atom stereocenters. The molecule has 1 aliphatic rings. The van der Waals surface area contributed by atoms with Crippen molar-refractivity contribution in [1.29, 1.82) is 0 Å². The summed E-state index contributed by atoms with van der Waals surface area (Å²) in [6.45, 7) is 13.1. The molecule has 1 aliphatic heterocycles. The van der Waals surface area contributed by atoms with Crippen molar-refractivity contribution in [2.75, 3.05) is 47.5 Å². The van der Waals surface area contributed by atoms with Gasteiger partial charge in [-0.3, -0.25) is 9.59 Å². The molecule has 0 N–H and O–H groups in total. The van der Waals surface area contributed by atoms with Gasteiger partial charge in [0.25, 0.3) is 11.8 Å². The zero-order valence-corrected chi connectivity index (χ0v) is 28.4. The Morgan fingerprint density at radius 1 is 1.04 bits per heavy atom. The van der Waals surface area contributed by atoms with E-state index < -0.39 is 11.4 Å². The molecule has 1 fully saturated rings. The van der Waals surface area contributed by atoms with Crippen LogP contribution in [0.25, 0.3) is 11.1 Å². The number of benzene rings is 2. The van der Waals surface area contributed by atoms with Gasteiger partial charge < -0.3 is 28.9 Å². The van der Waals surface area contributed by atoms with E-state index in [9.17, 15) is 14.4 Å². The fraction of sp³-hybridized carbons (Fsp3) is 0.571. The third-order valence-corrected chi connectivity index (χ3v) is 7.71. The molecule has 0 aromatic heterocycles. The van der Waals surface area contributed by atoms with Gasteiger partial charge in [-0.05, 0) is 89.8 Å². The van der Waals surface area contributed by atoms with Crippen LogP contribution in [0.3, 0.4) is 0 Å². The van der Waals surface area contributed by atoms with Gasteiger partial charge >= 0.3 is 6.09 Å². The number of aryl methyl sites for hydroxylation is 1. The van der Waals surface area contributed by atoms with Crippen LogP contribution >= 0.6 is 0 Å². The number of rotatable bonds is 11. The van der Waals surface area contributed by atoms with Crippen LogP contribution in [-0.2, 0) is 15.9 Å². The maximum atomic E-state index is 15.4. The minimum Gasteiger partial charge on any atom is -0.493 e. The fourth-order valence-corrected chi connectivity index (χ4v) is 5.59. The summed E-state index contributed by atoms with van der Waals surface area (Å²) < 4.78 is 32.4. The zero-order chi connectivity index (χ0) is 33.5. The molecule has 0 unspecified atom stereocenters. The van der Waals surface area contributed by atoms with Gasteiger partial charge in [0.05, 0.1) is 12.6 Å². The summed E-state index contributed by atoms with van der Waals surface area (Å²) >= 11 is 0. The average Bonchev–Trinajstić information content (AvgIpc) is 2.98. The van der Waals surface area contributed by atoms with E-state index in [2.05, 4.69) is 0 Å². The molecule has 0 aliphatic carbocycles. The first-order chi connectivity index (χ1) is 21.2. The number of hydrogen-bond acceptors (Lipinski definition) is 6. The summed E-state index contributed by atoms with van der Waals surface area (Å²) in [5, 5.41) is 0. The Morgan fingerprint density at radius 2 is 1.76 bits per heavy atom. The molecular formula is C35H50FN3O6. The lowest BCUT2D eigenvalue weighted by molar-refractivity contribution is 0.00749. The summed E-state index contributed by atoms with van der Waals surface area (Å²) in [6.07, 6.45) is 2.22. The lowest BCUT2D eigenvalue weighted by Crippen LogP contribution is -2.54. The number of ether oxygens (including phenoxy) is 3. The van der Waals surface area contributed by atoms with Crippen molar-refractivity contribution in [3.63, 3.8) is 0 Å². The van der Waals surface area contributed by atoms with Gasteiger partial charge in [-0.25, -0.2) is 9.18 Å². The van der Waals surface area contributed by atoms with E-state index in [1.54, 1.807) is 38.2 Å². The lowest BCUT2D eigenvalue weighted by atomic mass is 9.93. The highest BCUT2D eigenvalue weighted by Crippen LogP contribution is 2.37. The number of piperidine rings is 1. The van der Waals surface area contributed by atoms with Crippen molar-refractivity contribution in [2.45, 2.75) is 84.9 Å². The van der Waals surface area contributed by atoms with E-state index in [0.717, 1.165) is 18.4 Å². The molecule has 10 heteroatoms. The quantitative estimate of drug-likeness (QED) is 0.267. The van der Waals surface area contributed by atoms with Crippen LogP contribution in [0, 0.1) is 5.82 Å². The normalized spacial score (nSPS) is 15.2. The Labute approximate surface area is 267 Å². The average molecular weight is 628 g/mol. The fourth-order valence-electron chi connectivity index (χ4n) is 5.59. The summed E-state index contributed by atoms with van der Waals surface area (Å²) in [5.41, 5.74) is 1.61. The molecule has 45 heavy (non-hydrogen) atoms. The highest BCUT2D eigenvalue weighted by atomic mass is 19.1. The van der Waals surface area contributed by atoms with E-state index in [-0.39, 0.29) is 35.6 Å². The molecule has 3 amide bonds. The largest absolute Gasteiger partial charge is 0.493 e. The molecule has 1 saturated heterocycles. The van der Waals surface area contributed by atoms with Gasteiger partial charge in [0.2, 0.25) is 0 Å². The molecule has 0 saturated carbocycles. The van der Waals surface area contributed by atoms with Crippen molar-refractivity contribution >= 4 is 17.9 Å². The van der Waals surface area contributed by atoms with Gasteiger partial charge in [0.15, 0.2) is 0 Å². The van der Waals surface area contributed by atoms with Crippen molar-refractivity contribution < 1.29 is 33.0 Å². The van der Waals surface area contributed by atoms with E-state index in [0.29, 0.717) is 61.6 Å². The first-order valence-electron chi connectivity index (χ1n) is 15.8. The first-order valence-corrected chi connectivity index (χ1v) is 15.8. The second kappa shape index (κ2) is 15.6. The zero-order valence-electron chi connectivity index (χ0n) is 28.4.